The molecular formula is C13H9ClF2O. The summed E-state index contributed by atoms with van der Waals surface area (Å²) < 4.78 is 26.3. The van der Waals surface area contributed by atoms with Crippen LogP contribution in [0.5, 0.6) is 0 Å². The Kier molecular flexibility index (Phi) is 3.41. The molecule has 88 valence electrons. The summed E-state index contributed by atoms with van der Waals surface area (Å²) in [6, 6.07) is 9.28. The Morgan fingerprint density at radius 2 is 1.65 bits per heavy atom. The zero-order valence-corrected chi connectivity index (χ0v) is 9.46. The van der Waals surface area contributed by atoms with E-state index in [0.29, 0.717) is 5.56 Å². The summed E-state index contributed by atoms with van der Waals surface area (Å²) in [6.45, 7) is 0. The lowest BCUT2D eigenvalue weighted by molar-refractivity contribution is 0.215. The van der Waals surface area contributed by atoms with E-state index in [0.717, 1.165) is 6.07 Å². The molecule has 0 bridgehead atoms. The van der Waals surface area contributed by atoms with E-state index in [2.05, 4.69) is 0 Å². The quantitative estimate of drug-likeness (QED) is 0.866. The lowest BCUT2D eigenvalue weighted by atomic mass is 10.0. The second kappa shape index (κ2) is 4.82. The van der Waals surface area contributed by atoms with Crippen LogP contribution >= 0.6 is 11.6 Å². The van der Waals surface area contributed by atoms with Gasteiger partial charge in [-0.05, 0) is 29.8 Å². The number of aliphatic hydroxyl groups is 1. The zero-order valence-electron chi connectivity index (χ0n) is 8.70. The fourth-order valence-electron chi connectivity index (χ4n) is 1.55. The third-order valence-electron chi connectivity index (χ3n) is 2.44. The molecule has 0 aliphatic rings. The van der Waals surface area contributed by atoms with E-state index in [1.54, 1.807) is 0 Å². The average molecular weight is 255 g/mol. The second-order valence-corrected chi connectivity index (χ2v) is 4.06. The molecular weight excluding hydrogens is 246 g/mol. The molecule has 2 aromatic rings. The Morgan fingerprint density at radius 3 is 2.24 bits per heavy atom. The maximum absolute atomic E-state index is 13.5. The number of rotatable bonds is 2. The fourth-order valence-corrected chi connectivity index (χ4v) is 1.71. The summed E-state index contributed by atoms with van der Waals surface area (Å²) in [7, 11) is 0. The van der Waals surface area contributed by atoms with Gasteiger partial charge < -0.3 is 5.11 Å². The Labute approximate surface area is 102 Å². The SMILES string of the molecule is OC(c1ccc(F)cc1)c1ccc(Cl)cc1F. The van der Waals surface area contributed by atoms with Crippen LogP contribution in [-0.4, -0.2) is 5.11 Å². The first kappa shape index (κ1) is 12.0. The summed E-state index contributed by atoms with van der Waals surface area (Å²) in [5, 5.41) is 10.2. The highest BCUT2D eigenvalue weighted by Gasteiger charge is 2.15. The molecule has 0 spiro atoms. The third-order valence-corrected chi connectivity index (χ3v) is 2.68. The first-order chi connectivity index (χ1) is 8.08. The van der Waals surface area contributed by atoms with E-state index in [4.69, 9.17) is 11.6 Å². The van der Waals surface area contributed by atoms with Gasteiger partial charge in [-0.2, -0.15) is 0 Å². The van der Waals surface area contributed by atoms with Crippen molar-refractivity contribution >= 4 is 11.6 Å². The van der Waals surface area contributed by atoms with Crippen molar-refractivity contribution in [1.29, 1.82) is 0 Å². The van der Waals surface area contributed by atoms with Crippen molar-refractivity contribution in [2.45, 2.75) is 6.10 Å². The van der Waals surface area contributed by atoms with E-state index in [1.807, 2.05) is 0 Å². The van der Waals surface area contributed by atoms with Gasteiger partial charge in [0.15, 0.2) is 0 Å². The second-order valence-electron chi connectivity index (χ2n) is 3.62. The predicted molar refractivity (Wildman–Crippen MR) is 61.9 cm³/mol. The Balaban J connectivity index is 2.36. The zero-order chi connectivity index (χ0) is 12.4. The van der Waals surface area contributed by atoms with Gasteiger partial charge in [-0.1, -0.05) is 29.8 Å². The molecule has 2 rings (SSSR count). The van der Waals surface area contributed by atoms with Crippen LogP contribution < -0.4 is 0 Å². The monoisotopic (exact) mass is 254 g/mol. The van der Waals surface area contributed by atoms with Crippen LogP contribution in [0, 0.1) is 11.6 Å². The number of aliphatic hydroxyl groups excluding tert-OH is 1. The maximum atomic E-state index is 13.5. The van der Waals surface area contributed by atoms with Gasteiger partial charge >= 0.3 is 0 Å². The van der Waals surface area contributed by atoms with E-state index in [9.17, 15) is 13.9 Å². The molecule has 0 heterocycles. The molecule has 0 saturated carbocycles. The van der Waals surface area contributed by atoms with Crippen LogP contribution in [0.1, 0.15) is 17.2 Å². The largest absolute Gasteiger partial charge is 0.384 e. The van der Waals surface area contributed by atoms with Gasteiger partial charge in [0.05, 0.1) is 0 Å². The van der Waals surface area contributed by atoms with Gasteiger partial charge in [0.1, 0.15) is 17.7 Å². The van der Waals surface area contributed by atoms with E-state index < -0.39 is 17.7 Å². The lowest BCUT2D eigenvalue weighted by Crippen LogP contribution is -2.02. The molecule has 0 amide bonds. The highest BCUT2D eigenvalue weighted by atomic mass is 35.5. The van der Waals surface area contributed by atoms with Crippen molar-refractivity contribution in [2.75, 3.05) is 0 Å². The normalized spacial score (nSPS) is 12.5. The molecule has 4 heteroatoms. The lowest BCUT2D eigenvalue weighted by Gasteiger charge is -2.12. The smallest absolute Gasteiger partial charge is 0.130 e. The molecule has 0 aliphatic heterocycles. The topological polar surface area (TPSA) is 20.2 Å². The van der Waals surface area contributed by atoms with Crippen LogP contribution in [0.3, 0.4) is 0 Å². The van der Waals surface area contributed by atoms with Crippen LogP contribution in [0.4, 0.5) is 8.78 Å². The first-order valence-corrected chi connectivity index (χ1v) is 5.34. The van der Waals surface area contributed by atoms with Crippen molar-refractivity contribution < 1.29 is 13.9 Å². The summed E-state index contributed by atoms with van der Waals surface area (Å²) >= 11 is 5.62. The molecule has 0 radical (unpaired) electrons. The summed E-state index contributed by atoms with van der Waals surface area (Å²) in [5.41, 5.74) is 0.536. The average Bonchev–Trinajstić information content (AvgIpc) is 2.29. The third kappa shape index (κ3) is 2.62. The minimum absolute atomic E-state index is 0.112. The van der Waals surface area contributed by atoms with E-state index in [-0.39, 0.29) is 10.6 Å². The number of hydrogen-bond donors (Lipinski definition) is 1. The van der Waals surface area contributed by atoms with Crippen molar-refractivity contribution in [1.82, 2.24) is 0 Å². The summed E-state index contributed by atoms with van der Waals surface area (Å²) in [4.78, 5) is 0. The van der Waals surface area contributed by atoms with Gasteiger partial charge in [0, 0.05) is 10.6 Å². The van der Waals surface area contributed by atoms with Gasteiger partial charge in [0.2, 0.25) is 0 Å². The maximum Gasteiger partial charge on any atom is 0.130 e. The van der Waals surface area contributed by atoms with Crippen molar-refractivity contribution in [3.63, 3.8) is 0 Å². The Morgan fingerprint density at radius 1 is 1.00 bits per heavy atom. The van der Waals surface area contributed by atoms with Gasteiger partial charge in [0.25, 0.3) is 0 Å². The minimum Gasteiger partial charge on any atom is -0.384 e. The standard InChI is InChI=1S/C13H9ClF2O/c14-9-3-6-11(12(16)7-9)13(17)8-1-4-10(15)5-2-8/h1-7,13,17H. The van der Waals surface area contributed by atoms with Gasteiger partial charge in [-0.15, -0.1) is 0 Å². The molecule has 1 unspecified atom stereocenters. The van der Waals surface area contributed by atoms with Gasteiger partial charge in [-0.25, -0.2) is 8.78 Å². The molecule has 2 aromatic carbocycles. The molecule has 0 aliphatic carbocycles. The van der Waals surface area contributed by atoms with Crippen LogP contribution in [0.25, 0.3) is 0 Å². The van der Waals surface area contributed by atoms with Gasteiger partial charge in [-0.3, -0.25) is 0 Å². The molecule has 1 nitrogen and oxygen atoms in total. The van der Waals surface area contributed by atoms with Crippen molar-refractivity contribution in [3.8, 4) is 0 Å². The number of benzene rings is 2. The first-order valence-electron chi connectivity index (χ1n) is 4.96. The fraction of sp³-hybridized carbons (Fsp3) is 0.0769. The highest BCUT2D eigenvalue weighted by Crippen LogP contribution is 2.26. The minimum atomic E-state index is -1.13. The van der Waals surface area contributed by atoms with E-state index >= 15 is 0 Å². The molecule has 1 N–H and O–H groups in total. The van der Waals surface area contributed by atoms with Crippen LogP contribution in [0.15, 0.2) is 42.5 Å². The highest BCUT2D eigenvalue weighted by molar-refractivity contribution is 6.30. The summed E-state index contributed by atoms with van der Waals surface area (Å²) in [6.07, 6.45) is -1.13. The van der Waals surface area contributed by atoms with Crippen LogP contribution in [-0.2, 0) is 0 Å². The molecule has 0 aromatic heterocycles. The van der Waals surface area contributed by atoms with Crippen LogP contribution in [0.2, 0.25) is 5.02 Å². The van der Waals surface area contributed by atoms with Crippen molar-refractivity contribution in [3.05, 3.63) is 70.2 Å². The number of halogens is 3. The molecule has 0 fully saturated rings. The summed E-state index contributed by atoms with van der Waals surface area (Å²) in [5.74, 6) is -0.994. The van der Waals surface area contributed by atoms with E-state index in [1.165, 1.54) is 36.4 Å². The molecule has 17 heavy (non-hydrogen) atoms. The molecule has 0 saturated heterocycles. The number of hydrogen-bond acceptors (Lipinski definition) is 1. The molecule has 1 atom stereocenters. The Bertz CT molecular complexity index is 525. The van der Waals surface area contributed by atoms with Crippen molar-refractivity contribution in [2.24, 2.45) is 0 Å². The Hall–Kier alpha value is -1.45. The predicted octanol–water partition coefficient (Wildman–Crippen LogP) is 3.70.